The van der Waals surface area contributed by atoms with Gasteiger partial charge in [-0.25, -0.2) is 4.98 Å². The maximum absolute atomic E-state index is 13.6. The number of thiophene rings is 1. The Morgan fingerprint density at radius 3 is 2.46 bits per heavy atom. The standard InChI is InChI=1S/C29H26N2O2S2.C2H6/c1-19-11-13-23(14-12-19)33-26-10-6-9-25(30-26)29(22-15-16-34-18-22)17-21(3)27(28(32)31-29)35-24-8-5-4-7-20(24)2;1-2/h4-16,18,27H,3,17H2,1-2H3,(H,31,32);1-2H3. The van der Waals surface area contributed by atoms with Gasteiger partial charge in [-0.05, 0) is 66.1 Å². The molecule has 1 saturated heterocycles. The topological polar surface area (TPSA) is 51.2 Å². The van der Waals surface area contributed by atoms with Crippen LogP contribution in [0, 0.1) is 13.8 Å². The van der Waals surface area contributed by atoms with Crippen LogP contribution in [0.2, 0.25) is 0 Å². The molecule has 1 amide bonds. The van der Waals surface area contributed by atoms with Gasteiger partial charge in [-0.2, -0.15) is 11.3 Å². The maximum atomic E-state index is 13.6. The second-order valence-electron chi connectivity index (χ2n) is 8.78. The van der Waals surface area contributed by atoms with E-state index in [1.807, 2.05) is 86.8 Å². The van der Waals surface area contributed by atoms with Crippen molar-refractivity contribution in [3.05, 3.63) is 118 Å². The molecule has 0 saturated carbocycles. The van der Waals surface area contributed by atoms with Gasteiger partial charge < -0.3 is 10.1 Å². The van der Waals surface area contributed by atoms with Crippen molar-refractivity contribution in [3.8, 4) is 11.6 Å². The molecule has 2 aromatic heterocycles. The van der Waals surface area contributed by atoms with Gasteiger partial charge in [0.15, 0.2) is 0 Å². The summed E-state index contributed by atoms with van der Waals surface area (Å²) in [6.07, 6.45) is 0.556. The van der Waals surface area contributed by atoms with Crippen molar-refractivity contribution in [1.29, 1.82) is 0 Å². The summed E-state index contributed by atoms with van der Waals surface area (Å²) in [7, 11) is 0. The van der Waals surface area contributed by atoms with E-state index in [0.29, 0.717) is 12.3 Å². The van der Waals surface area contributed by atoms with Gasteiger partial charge in [0.2, 0.25) is 11.8 Å². The Morgan fingerprint density at radius 2 is 1.78 bits per heavy atom. The number of aromatic nitrogens is 1. The number of nitrogens with one attached hydrogen (secondary N) is 1. The van der Waals surface area contributed by atoms with E-state index in [0.717, 1.165) is 38.6 Å². The van der Waals surface area contributed by atoms with E-state index >= 15 is 0 Å². The molecule has 1 fully saturated rings. The van der Waals surface area contributed by atoms with Gasteiger partial charge in [0.05, 0.1) is 5.69 Å². The lowest BCUT2D eigenvalue weighted by atomic mass is 9.78. The summed E-state index contributed by atoms with van der Waals surface area (Å²) < 4.78 is 6.05. The fraction of sp³-hybridized carbons (Fsp3) is 0.226. The van der Waals surface area contributed by atoms with Crippen LogP contribution in [-0.4, -0.2) is 16.1 Å². The van der Waals surface area contributed by atoms with Gasteiger partial charge in [-0.3, -0.25) is 4.79 Å². The Bertz CT molecular complexity index is 1350. The number of piperidine rings is 1. The zero-order chi connectivity index (χ0) is 26.4. The van der Waals surface area contributed by atoms with E-state index in [2.05, 4.69) is 36.3 Å². The van der Waals surface area contributed by atoms with Crippen molar-refractivity contribution in [3.63, 3.8) is 0 Å². The van der Waals surface area contributed by atoms with Crippen LogP contribution in [0.15, 0.2) is 101 Å². The largest absolute Gasteiger partial charge is 0.439 e. The molecule has 190 valence electrons. The molecule has 0 aliphatic carbocycles. The van der Waals surface area contributed by atoms with Crippen LogP contribution in [0.3, 0.4) is 0 Å². The molecule has 3 heterocycles. The highest BCUT2D eigenvalue weighted by molar-refractivity contribution is 8.00. The van der Waals surface area contributed by atoms with Crippen molar-refractivity contribution >= 4 is 29.0 Å². The molecule has 0 radical (unpaired) electrons. The van der Waals surface area contributed by atoms with Crippen LogP contribution < -0.4 is 10.1 Å². The molecule has 2 aromatic carbocycles. The minimum absolute atomic E-state index is 0.0626. The third kappa shape index (κ3) is 5.81. The zero-order valence-corrected chi connectivity index (χ0v) is 23.3. The van der Waals surface area contributed by atoms with Gasteiger partial charge in [0.25, 0.3) is 0 Å². The number of hydrogen-bond donors (Lipinski definition) is 1. The third-order valence-electron chi connectivity index (χ3n) is 6.19. The van der Waals surface area contributed by atoms with Crippen molar-refractivity contribution in [1.82, 2.24) is 10.3 Å². The fourth-order valence-corrected chi connectivity index (χ4v) is 6.12. The van der Waals surface area contributed by atoms with Crippen molar-refractivity contribution in [2.24, 2.45) is 0 Å². The third-order valence-corrected chi connectivity index (χ3v) is 8.37. The van der Waals surface area contributed by atoms with Crippen molar-refractivity contribution < 1.29 is 9.53 Å². The van der Waals surface area contributed by atoms with Crippen LogP contribution in [0.1, 0.15) is 42.7 Å². The molecular weight excluding hydrogens is 496 g/mol. The Kier molecular flexibility index (Phi) is 8.52. The molecule has 1 N–H and O–H groups in total. The number of aryl methyl sites for hydroxylation is 2. The summed E-state index contributed by atoms with van der Waals surface area (Å²) in [4.78, 5) is 19.5. The minimum atomic E-state index is -0.802. The molecule has 1 aliphatic heterocycles. The molecule has 4 nitrogen and oxygen atoms in total. The highest BCUT2D eigenvalue weighted by Crippen LogP contribution is 2.44. The quantitative estimate of drug-likeness (QED) is 0.257. The van der Waals surface area contributed by atoms with E-state index in [4.69, 9.17) is 9.72 Å². The summed E-state index contributed by atoms with van der Waals surface area (Å²) in [6, 6.07) is 23.7. The number of ether oxygens (including phenoxy) is 1. The Labute approximate surface area is 227 Å². The average molecular weight is 529 g/mol. The Balaban J connectivity index is 0.00000156. The van der Waals surface area contributed by atoms with Crippen LogP contribution in [0.4, 0.5) is 0 Å². The molecule has 6 heteroatoms. The van der Waals surface area contributed by atoms with Gasteiger partial charge in [0, 0.05) is 17.4 Å². The Hall–Kier alpha value is -3.35. The molecule has 5 rings (SSSR count). The molecular formula is C31H32N2O2S2. The van der Waals surface area contributed by atoms with Crippen molar-refractivity contribution in [2.75, 3.05) is 0 Å². The first-order valence-corrected chi connectivity index (χ1v) is 14.2. The normalized spacial score (nSPS) is 19.0. The molecule has 1 aliphatic rings. The molecule has 37 heavy (non-hydrogen) atoms. The van der Waals surface area contributed by atoms with E-state index < -0.39 is 5.54 Å². The fourth-order valence-electron chi connectivity index (χ4n) is 4.31. The van der Waals surface area contributed by atoms with Gasteiger partial charge in [0.1, 0.15) is 16.5 Å². The molecule has 2 atom stereocenters. The van der Waals surface area contributed by atoms with E-state index in [1.165, 1.54) is 0 Å². The average Bonchev–Trinajstić information content (AvgIpc) is 3.46. The SMILES string of the molecule is C=C1CC(c2ccsc2)(c2cccc(Oc3ccc(C)cc3)n2)NC(=O)C1Sc1ccccc1C.CC. The van der Waals surface area contributed by atoms with Crippen LogP contribution >= 0.6 is 23.1 Å². The summed E-state index contributed by atoms with van der Waals surface area (Å²) >= 11 is 3.15. The van der Waals surface area contributed by atoms with E-state index in [-0.39, 0.29) is 11.2 Å². The first-order valence-electron chi connectivity index (χ1n) is 12.4. The second kappa shape index (κ2) is 11.8. The first-order chi connectivity index (χ1) is 17.9. The van der Waals surface area contributed by atoms with Crippen molar-refractivity contribution in [2.45, 2.75) is 49.8 Å². The summed E-state index contributed by atoms with van der Waals surface area (Å²) in [6.45, 7) is 12.5. The number of benzene rings is 2. The minimum Gasteiger partial charge on any atom is -0.439 e. The highest BCUT2D eigenvalue weighted by atomic mass is 32.2. The lowest BCUT2D eigenvalue weighted by molar-refractivity contribution is -0.122. The van der Waals surface area contributed by atoms with Gasteiger partial charge in [-0.15, -0.1) is 11.8 Å². The zero-order valence-electron chi connectivity index (χ0n) is 21.7. The number of pyridine rings is 1. The van der Waals surface area contributed by atoms with Crippen LogP contribution in [-0.2, 0) is 10.3 Å². The number of hydrogen-bond acceptors (Lipinski definition) is 5. The molecule has 2 unspecified atom stereocenters. The van der Waals surface area contributed by atoms with E-state index in [9.17, 15) is 4.79 Å². The van der Waals surface area contributed by atoms with Crippen LogP contribution in [0.25, 0.3) is 0 Å². The van der Waals surface area contributed by atoms with Gasteiger partial charge >= 0.3 is 0 Å². The number of rotatable bonds is 6. The molecule has 0 spiro atoms. The number of carbonyl (C=O) groups excluding carboxylic acids is 1. The maximum Gasteiger partial charge on any atom is 0.238 e. The lowest BCUT2D eigenvalue weighted by Crippen LogP contribution is -2.55. The second-order valence-corrected chi connectivity index (χ2v) is 10.7. The predicted molar refractivity (Wildman–Crippen MR) is 155 cm³/mol. The van der Waals surface area contributed by atoms with Crippen LogP contribution in [0.5, 0.6) is 11.6 Å². The molecule has 4 aromatic rings. The smallest absolute Gasteiger partial charge is 0.238 e. The molecule has 0 bridgehead atoms. The monoisotopic (exact) mass is 528 g/mol. The lowest BCUT2D eigenvalue weighted by Gasteiger charge is -2.41. The van der Waals surface area contributed by atoms with Gasteiger partial charge in [-0.1, -0.05) is 68.0 Å². The predicted octanol–water partition coefficient (Wildman–Crippen LogP) is 8.06. The first kappa shape index (κ1) is 26.7. The number of amides is 1. The van der Waals surface area contributed by atoms with E-state index in [1.54, 1.807) is 23.1 Å². The summed E-state index contributed by atoms with van der Waals surface area (Å²) in [5.41, 5.74) is 4.11. The Morgan fingerprint density at radius 1 is 1.03 bits per heavy atom. The highest BCUT2D eigenvalue weighted by Gasteiger charge is 2.46. The number of nitrogens with zero attached hydrogens (tertiary/aromatic N) is 1. The number of carbonyl (C=O) groups is 1. The summed E-state index contributed by atoms with van der Waals surface area (Å²) in [5, 5.41) is 7.06. The number of thioether (sulfide) groups is 1. The summed E-state index contributed by atoms with van der Waals surface area (Å²) in [5.74, 6) is 1.14.